The molecular formula is C18H23N3O2. The number of amides is 3. The fourth-order valence-electron chi connectivity index (χ4n) is 4.20. The number of benzene rings is 1. The van der Waals surface area contributed by atoms with E-state index in [1.54, 1.807) is 6.07 Å². The average Bonchev–Trinajstić information content (AvgIpc) is 3.31. The molecule has 5 nitrogen and oxygen atoms in total. The van der Waals surface area contributed by atoms with Gasteiger partial charge in [0.1, 0.15) is 0 Å². The molecule has 0 spiro atoms. The van der Waals surface area contributed by atoms with E-state index in [4.69, 9.17) is 0 Å². The highest BCUT2D eigenvalue weighted by molar-refractivity contribution is 5.97. The molecule has 3 fully saturated rings. The minimum absolute atomic E-state index is 0.0250. The Kier molecular flexibility index (Phi) is 3.71. The predicted octanol–water partition coefficient (Wildman–Crippen LogP) is 2.94. The molecule has 0 aromatic heterocycles. The number of anilines is 1. The van der Waals surface area contributed by atoms with E-state index in [9.17, 15) is 9.59 Å². The molecule has 0 radical (unpaired) electrons. The lowest BCUT2D eigenvalue weighted by Gasteiger charge is -2.27. The summed E-state index contributed by atoms with van der Waals surface area (Å²) in [6, 6.07) is 7.71. The summed E-state index contributed by atoms with van der Waals surface area (Å²) >= 11 is 0. The van der Waals surface area contributed by atoms with E-state index >= 15 is 0 Å². The van der Waals surface area contributed by atoms with E-state index in [0.29, 0.717) is 23.2 Å². The number of nitrogens with zero attached hydrogens (tertiary/aromatic N) is 2. The van der Waals surface area contributed by atoms with Crippen LogP contribution in [0.4, 0.5) is 10.5 Å². The minimum Gasteiger partial charge on any atom is -0.339 e. The Balaban J connectivity index is 1.44. The van der Waals surface area contributed by atoms with Gasteiger partial charge < -0.3 is 15.1 Å². The van der Waals surface area contributed by atoms with Crippen molar-refractivity contribution in [3.05, 3.63) is 29.8 Å². The summed E-state index contributed by atoms with van der Waals surface area (Å²) in [6.45, 7) is 2.56. The monoisotopic (exact) mass is 313 g/mol. The van der Waals surface area contributed by atoms with E-state index in [2.05, 4.69) is 5.32 Å². The molecule has 1 N–H and O–H groups in total. The summed E-state index contributed by atoms with van der Waals surface area (Å²) in [5.41, 5.74) is 1.37. The summed E-state index contributed by atoms with van der Waals surface area (Å²) in [4.78, 5) is 28.8. The van der Waals surface area contributed by atoms with Crippen LogP contribution in [0.5, 0.6) is 0 Å². The molecule has 4 rings (SSSR count). The van der Waals surface area contributed by atoms with Gasteiger partial charge in [0.2, 0.25) is 0 Å². The maximum Gasteiger partial charge on any atom is 0.322 e. The molecule has 2 heterocycles. The van der Waals surface area contributed by atoms with Crippen LogP contribution >= 0.6 is 0 Å². The number of hydrogen-bond acceptors (Lipinski definition) is 2. The Morgan fingerprint density at radius 1 is 1.13 bits per heavy atom. The Morgan fingerprint density at radius 3 is 2.65 bits per heavy atom. The van der Waals surface area contributed by atoms with Gasteiger partial charge in [-0.1, -0.05) is 6.07 Å². The van der Waals surface area contributed by atoms with Gasteiger partial charge in [-0.25, -0.2) is 4.79 Å². The van der Waals surface area contributed by atoms with E-state index in [0.717, 1.165) is 45.3 Å². The van der Waals surface area contributed by atoms with Crippen LogP contribution in [0.2, 0.25) is 0 Å². The van der Waals surface area contributed by atoms with Crippen LogP contribution in [0.3, 0.4) is 0 Å². The van der Waals surface area contributed by atoms with Crippen molar-refractivity contribution in [2.75, 3.05) is 25.0 Å². The molecule has 2 atom stereocenters. The Bertz CT molecular complexity index is 624. The molecule has 0 unspecified atom stereocenters. The second-order valence-corrected chi connectivity index (χ2v) is 7.00. The third-order valence-corrected chi connectivity index (χ3v) is 5.42. The predicted molar refractivity (Wildman–Crippen MR) is 88.4 cm³/mol. The van der Waals surface area contributed by atoms with Crippen LogP contribution in [0.25, 0.3) is 0 Å². The van der Waals surface area contributed by atoms with Crippen LogP contribution in [0, 0.1) is 5.92 Å². The lowest BCUT2D eigenvalue weighted by Crippen LogP contribution is -2.40. The van der Waals surface area contributed by atoms with Gasteiger partial charge in [0.15, 0.2) is 0 Å². The first kappa shape index (κ1) is 14.5. The SMILES string of the molecule is O=C(c1cccc(NC(=O)N2C[C@H]3CC[C@@H]2C3)c1)N1CCCC1. The van der Waals surface area contributed by atoms with Gasteiger partial charge in [-0.2, -0.15) is 0 Å². The van der Waals surface area contributed by atoms with Crippen molar-refractivity contribution in [2.45, 2.75) is 38.1 Å². The highest BCUT2D eigenvalue weighted by atomic mass is 16.2. The smallest absolute Gasteiger partial charge is 0.322 e. The van der Waals surface area contributed by atoms with Crippen LogP contribution in [-0.4, -0.2) is 47.4 Å². The number of likely N-dealkylation sites (tertiary alicyclic amines) is 2. The zero-order valence-corrected chi connectivity index (χ0v) is 13.3. The van der Waals surface area contributed by atoms with Gasteiger partial charge in [-0.3, -0.25) is 4.79 Å². The number of hydrogen-bond donors (Lipinski definition) is 1. The summed E-state index contributed by atoms with van der Waals surface area (Å²) in [5, 5.41) is 2.97. The van der Waals surface area contributed by atoms with Crippen molar-refractivity contribution >= 4 is 17.6 Å². The minimum atomic E-state index is -0.0250. The molecule has 122 valence electrons. The van der Waals surface area contributed by atoms with Gasteiger partial charge in [-0.05, 0) is 56.2 Å². The highest BCUT2D eigenvalue weighted by Gasteiger charge is 2.40. The maximum absolute atomic E-state index is 12.5. The van der Waals surface area contributed by atoms with E-state index in [1.807, 2.05) is 28.0 Å². The Morgan fingerprint density at radius 2 is 1.96 bits per heavy atom. The molecule has 3 amide bonds. The fraction of sp³-hybridized carbons (Fsp3) is 0.556. The second kappa shape index (κ2) is 5.87. The number of nitrogens with one attached hydrogen (secondary N) is 1. The first-order valence-corrected chi connectivity index (χ1v) is 8.67. The third-order valence-electron chi connectivity index (χ3n) is 5.42. The fourth-order valence-corrected chi connectivity index (χ4v) is 4.20. The maximum atomic E-state index is 12.5. The summed E-state index contributed by atoms with van der Waals surface area (Å²) in [6.07, 6.45) is 5.71. The van der Waals surface area contributed by atoms with E-state index < -0.39 is 0 Å². The first-order valence-electron chi connectivity index (χ1n) is 8.67. The van der Waals surface area contributed by atoms with Gasteiger partial charge in [0, 0.05) is 36.9 Å². The molecule has 1 aromatic rings. The summed E-state index contributed by atoms with van der Waals surface area (Å²) < 4.78 is 0. The standard InChI is InChI=1S/C18H23N3O2/c22-17(20-8-1-2-9-20)14-4-3-5-15(11-14)19-18(23)21-12-13-6-7-16(21)10-13/h3-5,11,13,16H,1-2,6-10,12H2,(H,19,23)/t13-,16+/m0/s1. The van der Waals surface area contributed by atoms with Gasteiger partial charge >= 0.3 is 6.03 Å². The Labute approximate surface area is 136 Å². The molecule has 1 aliphatic carbocycles. The largest absolute Gasteiger partial charge is 0.339 e. The molecule has 2 saturated heterocycles. The number of piperidine rings is 1. The number of rotatable bonds is 2. The molecule has 2 bridgehead atoms. The first-order chi connectivity index (χ1) is 11.2. The molecule has 1 saturated carbocycles. The highest BCUT2D eigenvalue weighted by Crippen LogP contribution is 2.37. The molecule has 1 aromatic carbocycles. The van der Waals surface area contributed by atoms with Crippen LogP contribution in [0.15, 0.2) is 24.3 Å². The van der Waals surface area contributed by atoms with Crippen molar-refractivity contribution < 1.29 is 9.59 Å². The average molecular weight is 313 g/mol. The van der Waals surface area contributed by atoms with Crippen molar-refractivity contribution in [1.82, 2.24) is 9.80 Å². The lowest BCUT2D eigenvalue weighted by atomic mass is 10.1. The number of urea groups is 1. The molecule has 5 heteroatoms. The summed E-state index contributed by atoms with van der Waals surface area (Å²) in [5.74, 6) is 0.757. The molecule has 2 aliphatic heterocycles. The molecule has 3 aliphatic rings. The molecular weight excluding hydrogens is 290 g/mol. The third kappa shape index (κ3) is 2.80. The lowest BCUT2D eigenvalue weighted by molar-refractivity contribution is 0.0793. The van der Waals surface area contributed by atoms with Crippen LogP contribution in [0.1, 0.15) is 42.5 Å². The van der Waals surface area contributed by atoms with Crippen LogP contribution < -0.4 is 5.32 Å². The second-order valence-electron chi connectivity index (χ2n) is 7.00. The number of carbonyl (C=O) groups is 2. The normalized spacial score (nSPS) is 25.9. The quantitative estimate of drug-likeness (QED) is 0.912. The summed E-state index contributed by atoms with van der Waals surface area (Å²) in [7, 11) is 0. The van der Waals surface area contributed by atoms with Crippen molar-refractivity contribution in [3.63, 3.8) is 0 Å². The van der Waals surface area contributed by atoms with Crippen molar-refractivity contribution in [2.24, 2.45) is 5.92 Å². The van der Waals surface area contributed by atoms with Crippen molar-refractivity contribution in [1.29, 1.82) is 0 Å². The number of fused-ring (bicyclic) bond motifs is 2. The zero-order valence-electron chi connectivity index (χ0n) is 13.3. The zero-order chi connectivity index (χ0) is 15.8. The van der Waals surface area contributed by atoms with E-state index in [1.165, 1.54) is 6.42 Å². The number of carbonyl (C=O) groups excluding carboxylic acids is 2. The topological polar surface area (TPSA) is 52.7 Å². The van der Waals surface area contributed by atoms with E-state index in [-0.39, 0.29) is 11.9 Å². The molecule has 23 heavy (non-hydrogen) atoms. The Hall–Kier alpha value is -2.04. The van der Waals surface area contributed by atoms with Gasteiger partial charge in [0.25, 0.3) is 5.91 Å². The van der Waals surface area contributed by atoms with Crippen molar-refractivity contribution in [3.8, 4) is 0 Å². The van der Waals surface area contributed by atoms with Gasteiger partial charge in [0.05, 0.1) is 0 Å². The van der Waals surface area contributed by atoms with Crippen LogP contribution in [-0.2, 0) is 0 Å². The van der Waals surface area contributed by atoms with Gasteiger partial charge in [-0.15, -0.1) is 0 Å².